The monoisotopic (exact) mass is 364 g/mol. The summed E-state index contributed by atoms with van der Waals surface area (Å²) in [5.41, 5.74) is 0.683. The zero-order chi connectivity index (χ0) is 17.3. The lowest BCUT2D eigenvalue weighted by Crippen LogP contribution is -2.45. The van der Waals surface area contributed by atoms with Crippen LogP contribution in [0.2, 0.25) is 10.0 Å². The Labute approximate surface area is 148 Å². The molecule has 0 heterocycles. The van der Waals surface area contributed by atoms with Gasteiger partial charge in [-0.25, -0.2) is 9.59 Å². The van der Waals surface area contributed by atoms with E-state index in [1.165, 1.54) is 0 Å². The molecule has 1 saturated carbocycles. The zero-order valence-electron chi connectivity index (χ0n) is 12.5. The fourth-order valence-electron chi connectivity index (χ4n) is 2.46. The number of halogens is 2. The van der Waals surface area contributed by atoms with E-state index in [4.69, 9.17) is 28.3 Å². The van der Waals surface area contributed by atoms with E-state index in [1.54, 1.807) is 12.1 Å². The molecule has 2 aromatic carbocycles. The number of anilines is 1. The van der Waals surface area contributed by atoms with Crippen molar-refractivity contribution in [2.75, 3.05) is 5.32 Å². The Morgan fingerprint density at radius 3 is 2.33 bits per heavy atom. The van der Waals surface area contributed by atoms with Crippen LogP contribution in [0.15, 0.2) is 42.5 Å². The average Bonchev–Trinajstić information content (AvgIpc) is 3.28. The maximum atomic E-state index is 12.2. The Hall–Kier alpha value is -2.24. The fraction of sp³-hybridized carbons (Fsp3) is 0.176. The van der Waals surface area contributed by atoms with E-state index in [9.17, 15) is 9.59 Å². The fourth-order valence-corrected chi connectivity index (χ4v) is 3.06. The van der Waals surface area contributed by atoms with Crippen molar-refractivity contribution < 1.29 is 14.7 Å². The third-order valence-electron chi connectivity index (χ3n) is 3.88. The van der Waals surface area contributed by atoms with Gasteiger partial charge < -0.3 is 15.7 Å². The van der Waals surface area contributed by atoms with Crippen LogP contribution < -0.4 is 10.6 Å². The summed E-state index contributed by atoms with van der Waals surface area (Å²) in [7, 11) is 0. The number of carboxylic acid groups (broad SMARTS) is 1. The average molecular weight is 365 g/mol. The van der Waals surface area contributed by atoms with Crippen molar-refractivity contribution in [2.45, 2.75) is 18.4 Å². The Morgan fingerprint density at radius 2 is 1.75 bits per heavy atom. The summed E-state index contributed by atoms with van der Waals surface area (Å²) in [5.74, 6) is -1.04. The van der Waals surface area contributed by atoms with Gasteiger partial charge in [0.15, 0.2) is 0 Å². The van der Waals surface area contributed by atoms with Gasteiger partial charge in [-0.1, -0.05) is 53.5 Å². The molecule has 0 aliphatic heterocycles. The van der Waals surface area contributed by atoms with Crippen molar-refractivity contribution in [2.24, 2.45) is 0 Å². The van der Waals surface area contributed by atoms with Gasteiger partial charge in [0.1, 0.15) is 5.54 Å². The Balaban J connectivity index is 1.90. The number of aliphatic carboxylic acids is 1. The number of hydrogen-bond acceptors (Lipinski definition) is 2. The van der Waals surface area contributed by atoms with Crippen LogP contribution >= 0.6 is 23.2 Å². The van der Waals surface area contributed by atoms with E-state index in [1.807, 2.05) is 30.3 Å². The van der Waals surface area contributed by atoms with Gasteiger partial charge in [-0.15, -0.1) is 0 Å². The zero-order valence-corrected chi connectivity index (χ0v) is 14.0. The molecule has 1 aliphatic rings. The molecular formula is C17H14Cl2N2O3. The van der Waals surface area contributed by atoms with Crippen molar-refractivity contribution in [3.63, 3.8) is 0 Å². The molecule has 2 amide bonds. The molecule has 7 heteroatoms. The lowest BCUT2D eigenvalue weighted by molar-refractivity contribution is -0.140. The smallest absolute Gasteiger partial charge is 0.329 e. The molecular weight excluding hydrogens is 351 g/mol. The third kappa shape index (κ3) is 3.32. The van der Waals surface area contributed by atoms with Gasteiger partial charge in [0.25, 0.3) is 0 Å². The highest BCUT2D eigenvalue weighted by atomic mass is 35.5. The number of hydrogen-bond donors (Lipinski definition) is 3. The summed E-state index contributed by atoms with van der Waals surface area (Å²) >= 11 is 12.3. The van der Waals surface area contributed by atoms with E-state index in [2.05, 4.69) is 10.6 Å². The SMILES string of the molecule is O=C(Nc1cc(Cl)cc(Cl)c1-c1ccccc1)NC1(C(=O)O)CC1. The van der Waals surface area contributed by atoms with E-state index >= 15 is 0 Å². The molecule has 2 aromatic rings. The van der Waals surface area contributed by atoms with Gasteiger partial charge in [-0.05, 0) is 30.5 Å². The van der Waals surface area contributed by atoms with E-state index in [0.717, 1.165) is 5.56 Å². The summed E-state index contributed by atoms with van der Waals surface area (Å²) in [6, 6.07) is 11.9. The lowest BCUT2D eigenvalue weighted by atomic mass is 10.0. The van der Waals surface area contributed by atoms with Crippen LogP contribution in [-0.4, -0.2) is 22.6 Å². The standard InChI is InChI=1S/C17H14Cl2N2O3/c18-11-8-12(19)14(10-4-2-1-3-5-10)13(9-11)20-16(24)21-17(6-7-17)15(22)23/h1-5,8-9H,6-7H2,(H,22,23)(H2,20,21,24). The second-order valence-corrected chi connectivity index (χ2v) is 6.49. The third-order valence-corrected chi connectivity index (χ3v) is 4.39. The minimum absolute atomic E-state index is 0.370. The number of carbonyl (C=O) groups is 2. The van der Waals surface area contributed by atoms with Crippen molar-refractivity contribution in [3.05, 3.63) is 52.5 Å². The number of carbonyl (C=O) groups excluding carboxylic acids is 1. The first-order valence-corrected chi connectivity index (χ1v) is 8.04. The number of carboxylic acids is 1. The second-order valence-electron chi connectivity index (χ2n) is 5.64. The molecule has 0 aromatic heterocycles. The van der Waals surface area contributed by atoms with Crippen LogP contribution in [0.25, 0.3) is 11.1 Å². The van der Waals surface area contributed by atoms with Gasteiger partial charge in [-0.2, -0.15) is 0 Å². The predicted octanol–water partition coefficient (Wildman–Crippen LogP) is 4.40. The van der Waals surface area contributed by atoms with Crippen LogP contribution in [0.3, 0.4) is 0 Å². The number of benzene rings is 2. The van der Waals surface area contributed by atoms with Crippen LogP contribution in [0.5, 0.6) is 0 Å². The molecule has 0 saturated heterocycles. The quantitative estimate of drug-likeness (QED) is 0.752. The first-order valence-electron chi connectivity index (χ1n) is 7.28. The van der Waals surface area contributed by atoms with E-state index in [0.29, 0.717) is 34.1 Å². The number of nitrogens with one attached hydrogen (secondary N) is 2. The van der Waals surface area contributed by atoms with Gasteiger partial charge in [-0.3, -0.25) is 0 Å². The summed E-state index contributed by atoms with van der Waals surface area (Å²) in [4.78, 5) is 23.4. The Bertz CT molecular complexity index is 805. The number of rotatable bonds is 4. The molecule has 0 bridgehead atoms. The second kappa shape index (κ2) is 6.34. The summed E-state index contributed by atoms with van der Waals surface area (Å²) < 4.78 is 0. The predicted molar refractivity (Wildman–Crippen MR) is 93.7 cm³/mol. The topological polar surface area (TPSA) is 78.4 Å². The Morgan fingerprint density at radius 1 is 1.08 bits per heavy atom. The highest BCUT2D eigenvalue weighted by Gasteiger charge is 2.51. The first-order chi connectivity index (χ1) is 11.4. The number of amides is 2. The van der Waals surface area contributed by atoms with Crippen molar-refractivity contribution >= 4 is 40.9 Å². The minimum atomic E-state index is -1.17. The van der Waals surface area contributed by atoms with Crippen LogP contribution in [0.4, 0.5) is 10.5 Å². The summed E-state index contributed by atoms with van der Waals surface area (Å²) in [6.07, 6.45) is 0.829. The van der Waals surface area contributed by atoms with Crippen molar-refractivity contribution in [1.82, 2.24) is 5.32 Å². The molecule has 24 heavy (non-hydrogen) atoms. The number of urea groups is 1. The van der Waals surface area contributed by atoms with E-state index in [-0.39, 0.29) is 0 Å². The maximum absolute atomic E-state index is 12.2. The highest BCUT2D eigenvalue weighted by molar-refractivity contribution is 6.37. The van der Waals surface area contributed by atoms with Crippen molar-refractivity contribution in [1.29, 1.82) is 0 Å². The van der Waals surface area contributed by atoms with Gasteiger partial charge in [0.05, 0.1) is 10.7 Å². The molecule has 3 N–H and O–H groups in total. The first kappa shape index (κ1) is 16.6. The minimum Gasteiger partial charge on any atom is -0.480 e. The Kier molecular flexibility index (Phi) is 4.39. The molecule has 0 atom stereocenters. The molecule has 5 nitrogen and oxygen atoms in total. The van der Waals surface area contributed by atoms with Crippen LogP contribution in [0, 0.1) is 0 Å². The largest absolute Gasteiger partial charge is 0.480 e. The molecule has 0 unspecified atom stereocenters. The summed E-state index contributed by atoms with van der Waals surface area (Å²) in [6.45, 7) is 0. The molecule has 124 valence electrons. The normalized spacial score (nSPS) is 14.8. The molecule has 0 radical (unpaired) electrons. The molecule has 1 aliphatic carbocycles. The van der Waals surface area contributed by atoms with Gasteiger partial charge in [0, 0.05) is 10.6 Å². The lowest BCUT2D eigenvalue weighted by Gasteiger charge is -2.17. The summed E-state index contributed by atoms with van der Waals surface area (Å²) in [5, 5.41) is 15.1. The maximum Gasteiger partial charge on any atom is 0.329 e. The molecule has 0 spiro atoms. The molecule has 3 rings (SSSR count). The van der Waals surface area contributed by atoms with Gasteiger partial charge in [0.2, 0.25) is 0 Å². The van der Waals surface area contributed by atoms with Crippen molar-refractivity contribution in [3.8, 4) is 11.1 Å². The molecule has 1 fully saturated rings. The van der Waals surface area contributed by atoms with Crippen LogP contribution in [-0.2, 0) is 4.79 Å². The highest BCUT2D eigenvalue weighted by Crippen LogP contribution is 2.38. The van der Waals surface area contributed by atoms with Crippen LogP contribution in [0.1, 0.15) is 12.8 Å². The van der Waals surface area contributed by atoms with E-state index < -0.39 is 17.5 Å². The van der Waals surface area contributed by atoms with Gasteiger partial charge >= 0.3 is 12.0 Å².